The van der Waals surface area contributed by atoms with Gasteiger partial charge in [0.1, 0.15) is 0 Å². The highest BCUT2D eigenvalue weighted by Crippen LogP contribution is 2.19. The molecule has 2 aromatic rings. The molecule has 1 heterocycles. The minimum absolute atomic E-state index is 0.271. The van der Waals surface area contributed by atoms with E-state index in [1.807, 2.05) is 25.1 Å². The number of thiophene rings is 1. The maximum Gasteiger partial charge on any atom is 0.172 e. The second-order valence-corrected chi connectivity index (χ2v) is 6.97. The summed E-state index contributed by atoms with van der Waals surface area (Å²) in [5, 5.41) is 0. The van der Waals surface area contributed by atoms with Gasteiger partial charge >= 0.3 is 0 Å². The molecule has 0 saturated carbocycles. The van der Waals surface area contributed by atoms with Crippen LogP contribution in [0.4, 0.5) is 0 Å². The minimum Gasteiger partial charge on any atom is -0.306 e. The molecular weight excluding hydrogens is 278 g/mol. The molecule has 0 aliphatic carbocycles. The van der Waals surface area contributed by atoms with Gasteiger partial charge in [-0.2, -0.15) is 0 Å². The summed E-state index contributed by atoms with van der Waals surface area (Å²) in [6.45, 7) is 2.04. The quantitative estimate of drug-likeness (QED) is 0.715. The monoisotopic (exact) mass is 301 g/mol. The van der Waals surface area contributed by atoms with Gasteiger partial charge in [-0.3, -0.25) is 4.79 Å². The molecule has 2 nitrogen and oxygen atoms in total. The summed E-state index contributed by atoms with van der Waals surface area (Å²) < 4.78 is 0. The van der Waals surface area contributed by atoms with Crippen LogP contribution in [0.25, 0.3) is 0 Å². The Morgan fingerprint density at radius 2 is 1.86 bits per heavy atom. The van der Waals surface area contributed by atoms with Gasteiger partial charge in [0, 0.05) is 17.3 Å². The van der Waals surface area contributed by atoms with Crippen LogP contribution in [0.15, 0.2) is 42.5 Å². The van der Waals surface area contributed by atoms with Crippen molar-refractivity contribution in [1.82, 2.24) is 4.90 Å². The van der Waals surface area contributed by atoms with Crippen molar-refractivity contribution in [2.24, 2.45) is 0 Å². The summed E-state index contributed by atoms with van der Waals surface area (Å²) in [6.07, 6.45) is 2.51. The summed E-state index contributed by atoms with van der Waals surface area (Å²) in [7, 11) is 4.18. The number of nitrogens with zero attached hydrogens (tertiary/aromatic N) is 1. The van der Waals surface area contributed by atoms with Crippen molar-refractivity contribution in [1.29, 1.82) is 0 Å². The number of carbonyl (C=O) groups is 1. The minimum atomic E-state index is 0.271. The van der Waals surface area contributed by atoms with Crippen LogP contribution in [0.2, 0.25) is 0 Å². The van der Waals surface area contributed by atoms with Gasteiger partial charge in [0.2, 0.25) is 0 Å². The lowest BCUT2D eigenvalue weighted by Crippen LogP contribution is -2.30. The average Bonchev–Trinajstić information content (AvgIpc) is 2.90. The highest BCUT2D eigenvalue weighted by Gasteiger charge is 2.16. The first-order valence-electron chi connectivity index (χ1n) is 7.36. The normalized spacial score (nSPS) is 12.6. The summed E-state index contributed by atoms with van der Waals surface area (Å²) in [5.74, 6) is 0.271. The second kappa shape index (κ2) is 7.53. The zero-order valence-corrected chi connectivity index (χ0v) is 13.8. The van der Waals surface area contributed by atoms with E-state index in [4.69, 9.17) is 0 Å². The summed E-state index contributed by atoms with van der Waals surface area (Å²) in [6, 6.07) is 14.9. The molecule has 0 unspecified atom stereocenters. The van der Waals surface area contributed by atoms with Gasteiger partial charge in [0.25, 0.3) is 0 Å². The average molecular weight is 301 g/mol. The Morgan fingerprint density at radius 1 is 1.14 bits per heavy atom. The first-order chi connectivity index (χ1) is 10.1. The molecule has 0 radical (unpaired) electrons. The number of carbonyl (C=O) groups excluding carboxylic acids is 1. The van der Waals surface area contributed by atoms with Crippen molar-refractivity contribution >= 4 is 17.1 Å². The van der Waals surface area contributed by atoms with Crippen molar-refractivity contribution in [2.75, 3.05) is 14.1 Å². The van der Waals surface area contributed by atoms with Crippen LogP contribution in [-0.2, 0) is 6.42 Å². The third-order valence-corrected chi connectivity index (χ3v) is 4.81. The van der Waals surface area contributed by atoms with Crippen LogP contribution in [-0.4, -0.2) is 30.8 Å². The Hall–Kier alpha value is -1.45. The summed E-state index contributed by atoms with van der Waals surface area (Å²) >= 11 is 1.60. The highest BCUT2D eigenvalue weighted by molar-refractivity contribution is 7.14. The maximum atomic E-state index is 12.2. The van der Waals surface area contributed by atoms with E-state index in [-0.39, 0.29) is 5.78 Å². The molecule has 1 aromatic carbocycles. The fourth-order valence-corrected chi connectivity index (χ4v) is 3.27. The molecule has 0 saturated heterocycles. The Balaban J connectivity index is 1.93. The lowest BCUT2D eigenvalue weighted by molar-refractivity contribution is 0.0972. The van der Waals surface area contributed by atoms with E-state index >= 15 is 0 Å². The predicted molar refractivity (Wildman–Crippen MR) is 90.2 cm³/mol. The van der Waals surface area contributed by atoms with Gasteiger partial charge in [-0.15, -0.1) is 11.3 Å². The largest absolute Gasteiger partial charge is 0.306 e. The molecule has 1 atom stereocenters. The number of ketones is 1. The maximum absolute atomic E-state index is 12.2. The Bertz CT molecular complexity index is 574. The van der Waals surface area contributed by atoms with E-state index in [0.29, 0.717) is 12.5 Å². The smallest absolute Gasteiger partial charge is 0.172 e. The van der Waals surface area contributed by atoms with E-state index in [9.17, 15) is 4.79 Å². The Morgan fingerprint density at radius 3 is 2.43 bits per heavy atom. The molecule has 0 fully saturated rings. The highest BCUT2D eigenvalue weighted by atomic mass is 32.1. The van der Waals surface area contributed by atoms with E-state index in [1.165, 1.54) is 10.4 Å². The fraction of sp³-hybridized carbons (Fsp3) is 0.389. The number of hydrogen-bond donors (Lipinski definition) is 0. The first kappa shape index (κ1) is 15.9. The molecule has 3 heteroatoms. The molecule has 0 spiro atoms. The number of rotatable bonds is 7. The molecule has 0 amide bonds. The van der Waals surface area contributed by atoms with Gasteiger partial charge in [0.05, 0.1) is 4.88 Å². The van der Waals surface area contributed by atoms with Gasteiger partial charge in [-0.1, -0.05) is 30.3 Å². The third-order valence-electron chi connectivity index (χ3n) is 3.76. The number of Topliss-reactive ketones (excluding diaryl/α,β-unsaturated/α-hetero) is 1. The molecule has 112 valence electrons. The van der Waals surface area contributed by atoms with E-state index < -0.39 is 0 Å². The van der Waals surface area contributed by atoms with E-state index in [0.717, 1.165) is 17.7 Å². The van der Waals surface area contributed by atoms with Crippen molar-refractivity contribution in [3.8, 4) is 0 Å². The van der Waals surface area contributed by atoms with Crippen molar-refractivity contribution in [3.63, 3.8) is 0 Å². The fourth-order valence-electron chi connectivity index (χ4n) is 2.43. The molecule has 0 bridgehead atoms. The molecule has 1 aromatic heterocycles. The lowest BCUT2D eigenvalue weighted by atomic mass is 9.99. The van der Waals surface area contributed by atoms with Gasteiger partial charge < -0.3 is 4.90 Å². The number of aryl methyl sites for hydroxylation is 1. The Kier molecular flexibility index (Phi) is 5.71. The number of benzene rings is 1. The Labute approximate surface area is 131 Å². The number of hydrogen-bond acceptors (Lipinski definition) is 3. The van der Waals surface area contributed by atoms with Crippen LogP contribution < -0.4 is 0 Å². The molecule has 21 heavy (non-hydrogen) atoms. The van der Waals surface area contributed by atoms with Crippen LogP contribution >= 0.6 is 11.3 Å². The number of likely N-dealkylation sites (N-methyl/N-ethyl adjacent to an activating group) is 1. The van der Waals surface area contributed by atoms with Crippen LogP contribution in [0.3, 0.4) is 0 Å². The standard InChI is InChI=1S/C18H23NOS/c1-14-9-12-18(21-14)17(20)11-10-16(19(2)3)13-15-7-5-4-6-8-15/h4-9,12,16H,10-11,13H2,1-3H3/t16-/m1/s1. The zero-order chi connectivity index (χ0) is 15.2. The van der Waals surface area contributed by atoms with Crippen LogP contribution in [0, 0.1) is 6.92 Å². The summed E-state index contributed by atoms with van der Waals surface area (Å²) in [4.78, 5) is 16.5. The van der Waals surface area contributed by atoms with E-state index in [1.54, 1.807) is 11.3 Å². The SMILES string of the molecule is Cc1ccc(C(=O)CC[C@H](Cc2ccccc2)N(C)C)s1. The summed E-state index contributed by atoms with van der Waals surface area (Å²) in [5.41, 5.74) is 1.33. The van der Waals surface area contributed by atoms with E-state index in [2.05, 4.69) is 43.3 Å². The first-order valence-corrected chi connectivity index (χ1v) is 8.18. The van der Waals surface area contributed by atoms with Gasteiger partial charge in [0.15, 0.2) is 5.78 Å². The van der Waals surface area contributed by atoms with Crippen molar-refractivity contribution < 1.29 is 4.79 Å². The topological polar surface area (TPSA) is 20.3 Å². The second-order valence-electron chi connectivity index (χ2n) is 5.68. The zero-order valence-electron chi connectivity index (χ0n) is 13.0. The van der Waals surface area contributed by atoms with Gasteiger partial charge in [-0.25, -0.2) is 0 Å². The van der Waals surface area contributed by atoms with Crippen LogP contribution in [0.5, 0.6) is 0 Å². The molecule has 2 rings (SSSR count). The lowest BCUT2D eigenvalue weighted by Gasteiger charge is -2.24. The molecule has 0 aliphatic heterocycles. The van der Waals surface area contributed by atoms with Crippen molar-refractivity contribution in [2.45, 2.75) is 32.2 Å². The molecular formula is C18H23NOS. The predicted octanol–water partition coefficient (Wildman–Crippen LogP) is 4.19. The van der Waals surface area contributed by atoms with Crippen molar-refractivity contribution in [3.05, 3.63) is 57.8 Å². The molecule has 0 N–H and O–H groups in total. The molecule has 0 aliphatic rings. The third kappa shape index (κ3) is 4.80. The van der Waals surface area contributed by atoms with Gasteiger partial charge in [-0.05, 0) is 51.6 Å². The van der Waals surface area contributed by atoms with Crippen LogP contribution in [0.1, 0.15) is 33.0 Å².